The summed E-state index contributed by atoms with van der Waals surface area (Å²) in [6.07, 6.45) is 0. The van der Waals surface area contributed by atoms with Crippen molar-refractivity contribution in [3.05, 3.63) is 212 Å². The molecule has 0 aliphatic heterocycles. The van der Waals surface area contributed by atoms with Crippen LogP contribution in [-0.4, -0.2) is 0 Å². The second-order valence-electron chi connectivity index (χ2n) is 14.4. The van der Waals surface area contributed by atoms with Crippen LogP contribution < -0.4 is 4.90 Å². The van der Waals surface area contributed by atoms with Crippen LogP contribution in [0.1, 0.15) is 0 Å². The summed E-state index contributed by atoms with van der Waals surface area (Å²) in [5.41, 5.74) is 12.2. The highest BCUT2D eigenvalue weighted by molar-refractivity contribution is 6.22. The Labute approximate surface area is 325 Å². The molecule has 0 unspecified atom stereocenters. The number of rotatable bonds is 6. The normalized spacial score (nSPS) is 11.6. The van der Waals surface area contributed by atoms with Crippen LogP contribution in [0.15, 0.2) is 217 Å². The first-order chi connectivity index (χ1) is 27.8. The van der Waals surface area contributed by atoms with Crippen molar-refractivity contribution in [2.45, 2.75) is 0 Å². The van der Waals surface area contributed by atoms with Gasteiger partial charge in [-0.25, -0.2) is 0 Å². The van der Waals surface area contributed by atoms with E-state index in [1.165, 1.54) is 65.7 Å². The molecule has 0 radical (unpaired) electrons. The summed E-state index contributed by atoms with van der Waals surface area (Å²) in [7, 11) is 0. The van der Waals surface area contributed by atoms with E-state index in [2.05, 4.69) is 205 Å². The zero-order valence-corrected chi connectivity index (χ0v) is 30.6. The number of benzene rings is 10. The van der Waals surface area contributed by atoms with Gasteiger partial charge in [-0.05, 0) is 108 Å². The Hall–Kier alpha value is -7.42. The lowest BCUT2D eigenvalue weighted by atomic mass is 9.85. The number of nitrogens with zero attached hydrogens (tertiary/aromatic N) is 1. The van der Waals surface area contributed by atoms with Crippen LogP contribution in [-0.2, 0) is 0 Å². The van der Waals surface area contributed by atoms with Crippen molar-refractivity contribution in [2.75, 3.05) is 4.90 Å². The molecule has 11 aromatic rings. The van der Waals surface area contributed by atoms with Crippen molar-refractivity contribution >= 4 is 71.3 Å². The van der Waals surface area contributed by atoms with Gasteiger partial charge in [-0.3, -0.25) is 0 Å². The smallest absolute Gasteiger partial charge is 0.137 e. The van der Waals surface area contributed by atoms with Crippen LogP contribution in [0.3, 0.4) is 0 Å². The van der Waals surface area contributed by atoms with Crippen molar-refractivity contribution in [3.8, 4) is 33.4 Å². The molecule has 0 spiro atoms. The molecule has 0 aliphatic rings. The molecule has 0 saturated carbocycles. The lowest BCUT2D eigenvalue weighted by molar-refractivity contribution is 0.669. The zero-order chi connectivity index (χ0) is 37.0. The van der Waals surface area contributed by atoms with Gasteiger partial charge in [-0.2, -0.15) is 0 Å². The van der Waals surface area contributed by atoms with E-state index in [1.807, 2.05) is 12.1 Å². The number of furan rings is 1. The summed E-state index contributed by atoms with van der Waals surface area (Å²) in [6.45, 7) is 0. The van der Waals surface area contributed by atoms with Gasteiger partial charge in [0.15, 0.2) is 0 Å². The third-order valence-electron chi connectivity index (χ3n) is 11.2. The van der Waals surface area contributed by atoms with Crippen LogP contribution in [0.4, 0.5) is 17.1 Å². The number of hydrogen-bond donors (Lipinski definition) is 0. The molecule has 0 fully saturated rings. The summed E-state index contributed by atoms with van der Waals surface area (Å²) in [6, 6.07) is 76.5. The Morgan fingerprint density at radius 1 is 0.286 bits per heavy atom. The van der Waals surface area contributed by atoms with Crippen LogP contribution in [0.2, 0.25) is 0 Å². The summed E-state index contributed by atoms with van der Waals surface area (Å²) >= 11 is 0. The average Bonchev–Trinajstić information content (AvgIpc) is 3.65. The molecule has 56 heavy (non-hydrogen) atoms. The Morgan fingerprint density at radius 3 is 1.55 bits per heavy atom. The van der Waals surface area contributed by atoms with Crippen LogP contribution >= 0.6 is 0 Å². The summed E-state index contributed by atoms with van der Waals surface area (Å²) in [5, 5.41) is 9.63. The van der Waals surface area contributed by atoms with E-state index in [0.29, 0.717) is 0 Å². The third-order valence-corrected chi connectivity index (χ3v) is 11.2. The van der Waals surface area contributed by atoms with Gasteiger partial charge >= 0.3 is 0 Å². The molecule has 0 amide bonds. The van der Waals surface area contributed by atoms with Crippen molar-refractivity contribution < 1.29 is 4.42 Å². The molecule has 2 nitrogen and oxygen atoms in total. The highest BCUT2D eigenvalue weighted by Crippen LogP contribution is 2.47. The number of anilines is 3. The second kappa shape index (κ2) is 13.2. The highest BCUT2D eigenvalue weighted by Gasteiger charge is 2.21. The Kier molecular flexibility index (Phi) is 7.53. The van der Waals surface area contributed by atoms with Crippen molar-refractivity contribution in [3.63, 3.8) is 0 Å². The minimum atomic E-state index is 0.865. The van der Waals surface area contributed by atoms with Gasteiger partial charge in [0.2, 0.25) is 0 Å². The number of fused-ring (bicyclic) bond motifs is 7. The molecule has 2 heteroatoms. The van der Waals surface area contributed by atoms with E-state index in [4.69, 9.17) is 4.42 Å². The van der Waals surface area contributed by atoms with Gasteiger partial charge in [0.25, 0.3) is 0 Å². The van der Waals surface area contributed by atoms with E-state index >= 15 is 0 Å². The maximum atomic E-state index is 6.47. The van der Waals surface area contributed by atoms with E-state index in [0.717, 1.165) is 39.0 Å². The maximum Gasteiger partial charge on any atom is 0.137 e. The quantitative estimate of drug-likeness (QED) is 0.160. The first kappa shape index (κ1) is 32.0. The van der Waals surface area contributed by atoms with Gasteiger partial charge in [0.1, 0.15) is 11.2 Å². The predicted octanol–water partition coefficient (Wildman–Crippen LogP) is 15.5. The van der Waals surface area contributed by atoms with Crippen LogP contribution in [0.5, 0.6) is 0 Å². The first-order valence-corrected chi connectivity index (χ1v) is 19.2. The fourth-order valence-electron chi connectivity index (χ4n) is 8.70. The molecule has 0 N–H and O–H groups in total. The van der Waals surface area contributed by atoms with Crippen molar-refractivity contribution in [1.82, 2.24) is 0 Å². The fraction of sp³-hybridized carbons (Fsp3) is 0. The molecule has 1 heterocycles. The summed E-state index contributed by atoms with van der Waals surface area (Å²) in [5.74, 6) is 0. The maximum absolute atomic E-state index is 6.47. The highest BCUT2D eigenvalue weighted by atomic mass is 16.3. The van der Waals surface area contributed by atoms with E-state index in [1.54, 1.807) is 0 Å². The molecule has 1 aromatic heterocycles. The van der Waals surface area contributed by atoms with Crippen molar-refractivity contribution in [1.29, 1.82) is 0 Å². The van der Waals surface area contributed by atoms with Gasteiger partial charge in [-0.1, -0.05) is 164 Å². The molecule has 11 rings (SSSR count). The monoisotopic (exact) mass is 713 g/mol. The molecular formula is C54H35NO. The van der Waals surface area contributed by atoms with Crippen LogP contribution in [0, 0.1) is 0 Å². The molecule has 0 aliphatic carbocycles. The van der Waals surface area contributed by atoms with Crippen molar-refractivity contribution in [2.24, 2.45) is 0 Å². The standard InChI is InChI=1S/C54H35NO/c1-3-15-38(16-4-1)53-49-23-10-9-21-45(49)46-32-30-41(34-50(46)54(53)39-17-5-2-6-18-39)55(42-31-33-48-47-22-11-12-25-51(47)56-52(48)35-42)40-28-26-37(27-29-40)44-24-13-19-36-14-7-8-20-43(36)44/h1-35H. The number of hydrogen-bond acceptors (Lipinski definition) is 2. The third kappa shape index (κ3) is 5.26. The minimum absolute atomic E-state index is 0.865. The molecule has 0 saturated heterocycles. The van der Waals surface area contributed by atoms with Gasteiger partial charge in [-0.15, -0.1) is 0 Å². The minimum Gasteiger partial charge on any atom is -0.456 e. The Balaban J connectivity index is 1.17. The van der Waals surface area contributed by atoms with Gasteiger partial charge in [0.05, 0.1) is 0 Å². The predicted molar refractivity (Wildman–Crippen MR) is 237 cm³/mol. The summed E-state index contributed by atoms with van der Waals surface area (Å²) in [4.78, 5) is 2.37. The average molecular weight is 714 g/mol. The van der Waals surface area contributed by atoms with E-state index in [9.17, 15) is 0 Å². The molecular weight excluding hydrogens is 679 g/mol. The lowest BCUT2D eigenvalue weighted by Gasteiger charge is -2.27. The first-order valence-electron chi connectivity index (χ1n) is 19.2. The van der Waals surface area contributed by atoms with Gasteiger partial charge < -0.3 is 9.32 Å². The molecule has 10 aromatic carbocycles. The largest absolute Gasteiger partial charge is 0.456 e. The molecule has 0 bridgehead atoms. The SMILES string of the molecule is c1ccc(-c2c(-c3ccccc3)c3cc(N(c4ccc(-c5cccc6ccccc56)cc4)c4ccc5c(c4)oc4ccccc45)ccc3c3ccccc23)cc1. The lowest BCUT2D eigenvalue weighted by Crippen LogP contribution is -2.10. The Bertz CT molecular complexity index is 3230. The van der Waals surface area contributed by atoms with Gasteiger partial charge in [0, 0.05) is 33.9 Å². The summed E-state index contributed by atoms with van der Waals surface area (Å²) < 4.78 is 6.47. The molecule has 0 atom stereocenters. The number of para-hydroxylation sites is 1. The Morgan fingerprint density at radius 2 is 0.804 bits per heavy atom. The molecule has 262 valence electrons. The second-order valence-corrected chi connectivity index (χ2v) is 14.4. The van der Waals surface area contributed by atoms with E-state index < -0.39 is 0 Å². The van der Waals surface area contributed by atoms with E-state index in [-0.39, 0.29) is 0 Å². The zero-order valence-electron chi connectivity index (χ0n) is 30.6. The fourth-order valence-corrected chi connectivity index (χ4v) is 8.70. The topological polar surface area (TPSA) is 16.4 Å². The van der Waals surface area contributed by atoms with Crippen LogP contribution in [0.25, 0.3) is 87.6 Å².